The summed E-state index contributed by atoms with van der Waals surface area (Å²) in [6.07, 6.45) is 0. The highest BCUT2D eigenvalue weighted by atomic mass is 15.3. The minimum absolute atomic E-state index is 1.04. The van der Waals surface area contributed by atoms with Crippen LogP contribution in [0.15, 0.2) is 0 Å². The van der Waals surface area contributed by atoms with Crippen LogP contribution in [-0.2, 0) is 13.1 Å². The summed E-state index contributed by atoms with van der Waals surface area (Å²) >= 11 is 0. The molecule has 0 atom stereocenters. The topological polar surface area (TPSA) is 21.1 Å². The van der Waals surface area contributed by atoms with Crippen LogP contribution in [0.1, 0.15) is 30.8 Å². The van der Waals surface area contributed by atoms with E-state index in [2.05, 4.69) is 35.6 Å². The Bertz CT molecular complexity index is 302. The highest BCUT2D eigenvalue weighted by Gasteiger charge is 2.17. The van der Waals surface area contributed by atoms with E-state index in [1.807, 2.05) is 13.8 Å². The van der Waals surface area contributed by atoms with Gasteiger partial charge in [-0.2, -0.15) is 5.10 Å². The van der Waals surface area contributed by atoms with Crippen LogP contribution in [0.4, 0.5) is 0 Å². The molecule has 2 rings (SSSR count). The summed E-state index contributed by atoms with van der Waals surface area (Å²) in [6, 6.07) is 0. The van der Waals surface area contributed by atoms with Crippen LogP contribution in [0.3, 0.4) is 0 Å². The Hall–Kier alpha value is -0.830. The van der Waals surface area contributed by atoms with Gasteiger partial charge in [-0.05, 0) is 26.5 Å². The van der Waals surface area contributed by atoms with E-state index in [1.165, 1.54) is 17.0 Å². The van der Waals surface area contributed by atoms with Gasteiger partial charge in [0.2, 0.25) is 0 Å². The molecule has 0 radical (unpaired) electrons. The molecule has 0 saturated carbocycles. The highest BCUT2D eigenvalue weighted by molar-refractivity contribution is 5.24. The Morgan fingerprint density at radius 3 is 2.43 bits per heavy atom. The van der Waals surface area contributed by atoms with E-state index < -0.39 is 0 Å². The summed E-state index contributed by atoms with van der Waals surface area (Å²) in [6.45, 7) is 11.5. The van der Waals surface area contributed by atoms with Crippen molar-refractivity contribution in [3.8, 4) is 0 Å². The zero-order valence-corrected chi connectivity index (χ0v) is 9.96. The van der Waals surface area contributed by atoms with Crippen molar-refractivity contribution in [3.05, 3.63) is 17.0 Å². The first-order valence-corrected chi connectivity index (χ1v) is 5.40. The number of rotatable bonds is 0. The van der Waals surface area contributed by atoms with Gasteiger partial charge in [0.25, 0.3) is 0 Å². The Morgan fingerprint density at radius 2 is 1.79 bits per heavy atom. The van der Waals surface area contributed by atoms with E-state index in [9.17, 15) is 0 Å². The maximum atomic E-state index is 4.48. The van der Waals surface area contributed by atoms with Crippen LogP contribution >= 0.6 is 0 Å². The zero-order valence-electron chi connectivity index (χ0n) is 9.96. The molecule has 1 aliphatic rings. The highest BCUT2D eigenvalue weighted by Crippen LogP contribution is 2.17. The van der Waals surface area contributed by atoms with Gasteiger partial charge in [0.1, 0.15) is 0 Å². The molecule has 14 heavy (non-hydrogen) atoms. The molecule has 1 aromatic heterocycles. The summed E-state index contributed by atoms with van der Waals surface area (Å²) in [5.74, 6) is 0. The fourth-order valence-electron chi connectivity index (χ4n) is 1.70. The Kier molecular flexibility index (Phi) is 3.69. The minimum Gasteiger partial charge on any atom is -0.299 e. The molecule has 0 saturated heterocycles. The molecule has 0 unspecified atom stereocenters. The molecular formula is C11H21N3. The lowest BCUT2D eigenvalue weighted by Gasteiger charge is -2.23. The van der Waals surface area contributed by atoms with E-state index >= 15 is 0 Å². The van der Waals surface area contributed by atoms with Gasteiger partial charge < -0.3 is 0 Å². The lowest BCUT2D eigenvalue weighted by atomic mass is 10.2. The third kappa shape index (κ3) is 1.98. The summed E-state index contributed by atoms with van der Waals surface area (Å²) < 4.78 is 2.14. The summed E-state index contributed by atoms with van der Waals surface area (Å²) in [4.78, 5) is 2.34. The van der Waals surface area contributed by atoms with Crippen molar-refractivity contribution in [1.82, 2.24) is 14.7 Å². The predicted molar refractivity (Wildman–Crippen MR) is 59.4 cm³/mol. The van der Waals surface area contributed by atoms with Crippen molar-refractivity contribution < 1.29 is 0 Å². The van der Waals surface area contributed by atoms with Crippen LogP contribution in [-0.4, -0.2) is 28.3 Å². The number of nitrogens with zero attached hydrogens (tertiary/aromatic N) is 3. The lowest BCUT2D eigenvalue weighted by Crippen LogP contribution is -2.30. The molecule has 2 heterocycles. The van der Waals surface area contributed by atoms with Crippen LogP contribution in [0.2, 0.25) is 0 Å². The maximum absolute atomic E-state index is 4.48. The molecule has 1 aromatic rings. The van der Waals surface area contributed by atoms with Gasteiger partial charge in [0.15, 0.2) is 0 Å². The van der Waals surface area contributed by atoms with E-state index in [1.54, 1.807) is 0 Å². The largest absolute Gasteiger partial charge is 0.299 e. The molecular weight excluding hydrogens is 174 g/mol. The van der Waals surface area contributed by atoms with E-state index in [0.29, 0.717) is 0 Å². The van der Waals surface area contributed by atoms with Crippen LogP contribution in [0, 0.1) is 13.8 Å². The van der Waals surface area contributed by atoms with Gasteiger partial charge in [0, 0.05) is 13.1 Å². The molecule has 0 aromatic carbocycles. The fraction of sp³-hybridized carbons (Fsp3) is 0.727. The molecule has 80 valence electrons. The van der Waals surface area contributed by atoms with E-state index in [-0.39, 0.29) is 0 Å². The Morgan fingerprint density at radius 1 is 1.14 bits per heavy atom. The zero-order chi connectivity index (χ0) is 10.7. The number of aromatic nitrogens is 2. The van der Waals surface area contributed by atoms with Crippen molar-refractivity contribution in [2.24, 2.45) is 0 Å². The quantitative estimate of drug-likeness (QED) is 0.631. The average Bonchev–Trinajstić information content (AvgIpc) is 2.48. The van der Waals surface area contributed by atoms with Crippen LogP contribution in [0.5, 0.6) is 0 Å². The van der Waals surface area contributed by atoms with E-state index in [0.717, 1.165) is 19.6 Å². The second kappa shape index (κ2) is 4.60. The van der Waals surface area contributed by atoms with Crippen LogP contribution < -0.4 is 0 Å². The van der Waals surface area contributed by atoms with Gasteiger partial charge in [-0.3, -0.25) is 9.58 Å². The molecule has 0 bridgehead atoms. The monoisotopic (exact) mass is 195 g/mol. The van der Waals surface area contributed by atoms with Crippen molar-refractivity contribution >= 4 is 0 Å². The maximum Gasteiger partial charge on any atom is 0.0626 e. The Labute approximate surface area is 86.7 Å². The molecule has 1 aliphatic heterocycles. The number of hydrogen-bond acceptors (Lipinski definition) is 2. The molecule has 3 heteroatoms. The SMILES string of the molecule is CC.Cc1nn2c(c1C)CN(C)CC2. The lowest BCUT2D eigenvalue weighted by molar-refractivity contribution is 0.258. The number of hydrogen-bond donors (Lipinski definition) is 0. The van der Waals surface area contributed by atoms with Gasteiger partial charge in [0.05, 0.1) is 17.9 Å². The van der Waals surface area contributed by atoms with Crippen molar-refractivity contribution in [2.45, 2.75) is 40.8 Å². The fourth-order valence-corrected chi connectivity index (χ4v) is 1.70. The molecule has 3 nitrogen and oxygen atoms in total. The standard InChI is InChI=1S/C9H15N3.C2H6/c1-7-8(2)10-12-5-4-11(3)6-9(7)12;1-2/h4-6H2,1-3H3;1-2H3. The second-order valence-electron chi connectivity index (χ2n) is 3.62. The van der Waals surface area contributed by atoms with Crippen molar-refractivity contribution in [3.63, 3.8) is 0 Å². The predicted octanol–water partition coefficient (Wildman–Crippen LogP) is 1.97. The summed E-state index contributed by atoms with van der Waals surface area (Å²) in [7, 11) is 2.16. The molecule has 0 fully saturated rings. The van der Waals surface area contributed by atoms with Gasteiger partial charge in [-0.15, -0.1) is 0 Å². The second-order valence-corrected chi connectivity index (χ2v) is 3.62. The van der Waals surface area contributed by atoms with Gasteiger partial charge >= 0.3 is 0 Å². The number of likely N-dealkylation sites (N-methyl/N-ethyl adjacent to an activating group) is 1. The first-order chi connectivity index (χ1) is 6.68. The molecule has 0 amide bonds. The number of aryl methyl sites for hydroxylation is 1. The molecule has 0 spiro atoms. The van der Waals surface area contributed by atoms with Crippen molar-refractivity contribution in [1.29, 1.82) is 0 Å². The summed E-state index contributed by atoms with van der Waals surface area (Å²) in [5, 5.41) is 4.48. The third-order valence-electron chi connectivity index (χ3n) is 2.67. The minimum atomic E-state index is 1.04. The number of fused-ring (bicyclic) bond motifs is 1. The first kappa shape index (κ1) is 11.2. The van der Waals surface area contributed by atoms with E-state index in [4.69, 9.17) is 0 Å². The first-order valence-electron chi connectivity index (χ1n) is 5.40. The van der Waals surface area contributed by atoms with Crippen molar-refractivity contribution in [2.75, 3.05) is 13.6 Å². The summed E-state index contributed by atoms with van der Waals surface area (Å²) in [5.41, 5.74) is 3.93. The normalized spacial score (nSPS) is 15.8. The van der Waals surface area contributed by atoms with Crippen LogP contribution in [0.25, 0.3) is 0 Å². The van der Waals surface area contributed by atoms with Gasteiger partial charge in [-0.25, -0.2) is 0 Å². The third-order valence-corrected chi connectivity index (χ3v) is 2.67. The molecule has 0 N–H and O–H groups in total. The Balaban J connectivity index is 0.000000461. The average molecular weight is 195 g/mol. The molecule has 0 aliphatic carbocycles. The van der Waals surface area contributed by atoms with Gasteiger partial charge in [-0.1, -0.05) is 13.8 Å². The smallest absolute Gasteiger partial charge is 0.0626 e.